The van der Waals surface area contributed by atoms with Crippen LogP contribution in [0.1, 0.15) is 21.5 Å². The van der Waals surface area contributed by atoms with Gasteiger partial charge in [0.15, 0.2) is 0 Å². The molecule has 1 fully saturated rings. The fourth-order valence-electron chi connectivity index (χ4n) is 4.48. The number of nitrogens with zero attached hydrogens (tertiary/aromatic N) is 2. The number of ether oxygens (including phenoxy) is 2. The molecule has 3 N–H and O–H groups in total. The van der Waals surface area contributed by atoms with E-state index in [2.05, 4.69) is 10.3 Å². The number of aromatic nitrogens is 1. The first-order valence-corrected chi connectivity index (χ1v) is 12.5. The zero-order valence-corrected chi connectivity index (χ0v) is 20.9. The van der Waals surface area contributed by atoms with Crippen molar-refractivity contribution in [3.8, 4) is 16.9 Å². The number of carbonyl (C=O) groups is 2. The van der Waals surface area contributed by atoms with Gasteiger partial charge in [-0.15, -0.1) is 0 Å². The maximum Gasteiger partial charge on any atom is 0.254 e. The van der Waals surface area contributed by atoms with Gasteiger partial charge in [0.2, 0.25) is 5.91 Å². The molecule has 2 aliphatic rings. The Morgan fingerprint density at radius 3 is 2.78 bits per heavy atom. The summed E-state index contributed by atoms with van der Waals surface area (Å²) in [5.41, 5.74) is 9.84. The van der Waals surface area contributed by atoms with E-state index >= 15 is 0 Å². The lowest BCUT2D eigenvalue weighted by Gasteiger charge is -2.27. The minimum atomic E-state index is -0.262. The van der Waals surface area contributed by atoms with Crippen molar-refractivity contribution in [3.63, 3.8) is 0 Å². The topological polar surface area (TPSA) is 107 Å². The van der Waals surface area contributed by atoms with E-state index in [4.69, 9.17) is 26.8 Å². The van der Waals surface area contributed by atoms with Crippen LogP contribution < -0.4 is 15.8 Å². The molecule has 3 heterocycles. The van der Waals surface area contributed by atoms with E-state index in [0.717, 1.165) is 22.3 Å². The smallest absolute Gasteiger partial charge is 0.254 e. The number of hydrogen-bond donors (Lipinski definition) is 2. The van der Waals surface area contributed by atoms with Crippen LogP contribution in [0.4, 0.5) is 5.82 Å². The molecule has 1 aromatic heterocycles. The summed E-state index contributed by atoms with van der Waals surface area (Å²) < 4.78 is 11.5. The van der Waals surface area contributed by atoms with Gasteiger partial charge >= 0.3 is 0 Å². The van der Waals surface area contributed by atoms with Crippen molar-refractivity contribution in [1.29, 1.82) is 0 Å². The second-order valence-electron chi connectivity index (χ2n) is 8.93. The number of carbonyl (C=O) groups excluding carboxylic acids is 2. The highest BCUT2D eigenvalue weighted by Gasteiger charge is 2.28. The monoisotopic (exact) mass is 518 g/mol. The summed E-state index contributed by atoms with van der Waals surface area (Å²) in [5.74, 6) is 0.798. The Labute approximate surface area is 220 Å². The zero-order valence-electron chi connectivity index (χ0n) is 20.2. The number of nitrogens with two attached hydrogens (primary N) is 1. The highest BCUT2D eigenvalue weighted by atomic mass is 35.5. The number of benzene rings is 2. The Hall–Kier alpha value is -3.88. The lowest BCUT2D eigenvalue weighted by Crippen LogP contribution is -2.40. The minimum absolute atomic E-state index is 0.00426. The molecule has 1 atom stereocenters. The molecule has 1 saturated heterocycles. The van der Waals surface area contributed by atoms with Crippen LogP contribution in [0.25, 0.3) is 17.2 Å². The molecular formula is C28H27ClN4O4. The number of anilines is 1. The Morgan fingerprint density at radius 1 is 1.16 bits per heavy atom. The van der Waals surface area contributed by atoms with Crippen LogP contribution in [0.2, 0.25) is 5.02 Å². The Balaban J connectivity index is 1.27. The van der Waals surface area contributed by atoms with Crippen LogP contribution >= 0.6 is 11.6 Å². The van der Waals surface area contributed by atoms with E-state index < -0.39 is 0 Å². The molecule has 190 valence electrons. The number of nitrogen functional groups attached to an aromatic ring is 1. The molecule has 2 aromatic carbocycles. The second kappa shape index (κ2) is 11.0. The summed E-state index contributed by atoms with van der Waals surface area (Å²) in [7, 11) is 0. The van der Waals surface area contributed by atoms with Gasteiger partial charge in [0.1, 0.15) is 17.7 Å². The van der Waals surface area contributed by atoms with Crippen LogP contribution in [-0.4, -0.2) is 60.7 Å². The van der Waals surface area contributed by atoms with Crippen molar-refractivity contribution in [3.05, 3.63) is 82.5 Å². The maximum absolute atomic E-state index is 13.0. The van der Waals surface area contributed by atoms with Crippen molar-refractivity contribution in [2.24, 2.45) is 0 Å². The van der Waals surface area contributed by atoms with E-state index in [1.54, 1.807) is 30.5 Å². The summed E-state index contributed by atoms with van der Waals surface area (Å²) in [6.07, 6.45) is 5.04. The predicted octanol–water partition coefficient (Wildman–Crippen LogP) is 3.59. The zero-order chi connectivity index (χ0) is 25.8. The van der Waals surface area contributed by atoms with E-state index in [0.29, 0.717) is 61.4 Å². The Bertz CT molecular complexity index is 1340. The average Bonchev–Trinajstić information content (AvgIpc) is 3.37. The van der Waals surface area contributed by atoms with Gasteiger partial charge in [-0.25, -0.2) is 4.98 Å². The van der Waals surface area contributed by atoms with Gasteiger partial charge in [-0.1, -0.05) is 29.8 Å². The molecule has 0 aliphatic carbocycles. The van der Waals surface area contributed by atoms with Crippen LogP contribution in [0.3, 0.4) is 0 Å². The number of hydrogen-bond acceptors (Lipinski definition) is 6. The number of amides is 2. The molecule has 2 amide bonds. The van der Waals surface area contributed by atoms with Gasteiger partial charge in [0.25, 0.3) is 5.91 Å². The molecule has 0 spiro atoms. The van der Waals surface area contributed by atoms with Crippen LogP contribution in [0.5, 0.6) is 5.75 Å². The van der Waals surface area contributed by atoms with Crippen molar-refractivity contribution >= 4 is 35.3 Å². The summed E-state index contributed by atoms with van der Waals surface area (Å²) in [6.45, 7) is 2.61. The standard InChI is InChI=1S/C28H27ClN4O4/c29-24-7-6-22(19-2-1-3-20(14-19)28(35)33-10-12-36-13-11-33)23-15-21(37-27(23)24)17-32-26(34)9-5-18-4-8-25(30)31-16-18/h1-9,14,16,21H,10-13,15,17H2,(H2,30,31)(H,32,34). The van der Waals surface area contributed by atoms with Crippen LogP contribution in [0, 0.1) is 0 Å². The third kappa shape index (κ3) is 5.76. The van der Waals surface area contributed by atoms with Gasteiger partial charge in [-0.2, -0.15) is 0 Å². The summed E-state index contributed by atoms with van der Waals surface area (Å²) >= 11 is 6.46. The molecule has 2 aliphatic heterocycles. The molecule has 37 heavy (non-hydrogen) atoms. The Morgan fingerprint density at radius 2 is 2.00 bits per heavy atom. The number of pyridine rings is 1. The normalized spacial score (nSPS) is 16.9. The molecule has 0 radical (unpaired) electrons. The van der Waals surface area contributed by atoms with E-state index in [1.807, 2.05) is 35.2 Å². The minimum Gasteiger partial charge on any atom is -0.486 e. The van der Waals surface area contributed by atoms with Crippen LogP contribution in [0.15, 0.2) is 60.8 Å². The summed E-state index contributed by atoms with van der Waals surface area (Å²) in [6, 6.07) is 14.8. The molecular weight excluding hydrogens is 492 g/mol. The third-order valence-corrected chi connectivity index (χ3v) is 6.69. The first-order chi connectivity index (χ1) is 18.0. The lowest BCUT2D eigenvalue weighted by atomic mass is 9.95. The first kappa shape index (κ1) is 24.8. The maximum atomic E-state index is 13.0. The van der Waals surface area contributed by atoms with Crippen molar-refractivity contribution < 1.29 is 19.1 Å². The average molecular weight is 519 g/mol. The molecule has 8 nitrogen and oxygen atoms in total. The van der Waals surface area contributed by atoms with Gasteiger partial charge in [0, 0.05) is 42.9 Å². The lowest BCUT2D eigenvalue weighted by molar-refractivity contribution is -0.116. The third-order valence-electron chi connectivity index (χ3n) is 6.39. The molecule has 9 heteroatoms. The quantitative estimate of drug-likeness (QED) is 0.483. The fraction of sp³-hybridized carbons (Fsp3) is 0.250. The summed E-state index contributed by atoms with van der Waals surface area (Å²) in [4.78, 5) is 31.2. The predicted molar refractivity (Wildman–Crippen MR) is 142 cm³/mol. The summed E-state index contributed by atoms with van der Waals surface area (Å²) in [5, 5.41) is 3.40. The number of nitrogens with one attached hydrogen (secondary N) is 1. The molecule has 5 rings (SSSR count). The van der Waals surface area contributed by atoms with Gasteiger partial charge in [0.05, 0.1) is 24.8 Å². The molecule has 0 saturated carbocycles. The highest BCUT2D eigenvalue weighted by Crippen LogP contribution is 2.42. The molecule has 0 bridgehead atoms. The van der Waals surface area contributed by atoms with E-state index in [1.165, 1.54) is 6.08 Å². The fourth-order valence-corrected chi connectivity index (χ4v) is 4.70. The number of morpholine rings is 1. The second-order valence-corrected chi connectivity index (χ2v) is 9.33. The molecule has 1 unspecified atom stereocenters. The first-order valence-electron chi connectivity index (χ1n) is 12.1. The number of fused-ring (bicyclic) bond motifs is 1. The Kier molecular flexibility index (Phi) is 7.39. The van der Waals surface area contributed by atoms with E-state index in [9.17, 15) is 9.59 Å². The highest BCUT2D eigenvalue weighted by molar-refractivity contribution is 6.32. The van der Waals surface area contributed by atoms with Gasteiger partial charge in [-0.05, 0) is 53.1 Å². The van der Waals surface area contributed by atoms with E-state index in [-0.39, 0.29) is 17.9 Å². The van der Waals surface area contributed by atoms with Crippen molar-refractivity contribution in [2.75, 3.05) is 38.6 Å². The van der Waals surface area contributed by atoms with Crippen molar-refractivity contribution in [1.82, 2.24) is 15.2 Å². The van der Waals surface area contributed by atoms with Crippen molar-refractivity contribution in [2.45, 2.75) is 12.5 Å². The van der Waals surface area contributed by atoms with Gasteiger partial charge in [-0.3, -0.25) is 9.59 Å². The van der Waals surface area contributed by atoms with Crippen LogP contribution in [-0.2, 0) is 16.0 Å². The number of halogens is 1. The molecule has 3 aromatic rings. The number of rotatable bonds is 6. The largest absolute Gasteiger partial charge is 0.486 e. The SMILES string of the molecule is Nc1ccc(C=CC(=O)NCC2Cc3c(-c4cccc(C(=O)N5CCOCC5)c4)ccc(Cl)c3O2)cn1. The van der Waals surface area contributed by atoms with Gasteiger partial charge < -0.3 is 25.4 Å².